The summed E-state index contributed by atoms with van der Waals surface area (Å²) < 4.78 is 10.4. The lowest BCUT2D eigenvalue weighted by Gasteiger charge is -2.06. The Morgan fingerprint density at radius 1 is 0.500 bits per heavy atom. The normalized spacial score (nSPS) is 10.7. The molecule has 0 aliphatic heterocycles. The number of unbranched alkanes of at least 4 members (excludes halogenated alkanes) is 11. The SMILES string of the molecule is CCCCCCCCCCCOC(=O)CCCCCC(=O)OCCCC. The minimum atomic E-state index is -0.119. The highest BCUT2D eigenvalue weighted by Gasteiger charge is 2.05. The summed E-state index contributed by atoms with van der Waals surface area (Å²) >= 11 is 0. The van der Waals surface area contributed by atoms with Crippen LogP contribution in [-0.2, 0) is 19.1 Å². The highest BCUT2D eigenvalue weighted by atomic mass is 16.5. The molecule has 4 nitrogen and oxygen atoms in total. The maximum absolute atomic E-state index is 11.6. The third kappa shape index (κ3) is 19.3. The molecule has 0 rings (SSSR count). The largest absolute Gasteiger partial charge is 0.466 e. The van der Waals surface area contributed by atoms with Crippen molar-refractivity contribution in [1.29, 1.82) is 0 Å². The van der Waals surface area contributed by atoms with Crippen LogP contribution in [-0.4, -0.2) is 25.2 Å². The van der Waals surface area contributed by atoms with E-state index in [1.807, 2.05) is 0 Å². The molecule has 26 heavy (non-hydrogen) atoms. The fourth-order valence-corrected chi connectivity index (χ4v) is 2.79. The standard InChI is InChI=1S/C22H42O4/c1-3-5-7-8-9-10-11-12-16-20-26-22(24)18-15-13-14-17-21(23)25-19-6-4-2/h3-20H2,1-2H3. The predicted octanol–water partition coefficient (Wildman–Crippen LogP) is 6.35. The van der Waals surface area contributed by atoms with Crippen molar-refractivity contribution in [3.63, 3.8) is 0 Å². The average molecular weight is 371 g/mol. The van der Waals surface area contributed by atoms with E-state index in [2.05, 4.69) is 13.8 Å². The zero-order valence-corrected chi connectivity index (χ0v) is 17.4. The lowest BCUT2D eigenvalue weighted by Crippen LogP contribution is -2.07. The third-order valence-electron chi connectivity index (χ3n) is 4.53. The lowest BCUT2D eigenvalue weighted by molar-refractivity contribution is -0.144. The molecular formula is C22H42O4. The summed E-state index contributed by atoms with van der Waals surface area (Å²) in [7, 11) is 0. The number of ether oxygens (including phenoxy) is 2. The Kier molecular flexibility index (Phi) is 19.4. The highest BCUT2D eigenvalue weighted by molar-refractivity contribution is 5.69. The smallest absolute Gasteiger partial charge is 0.305 e. The van der Waals surface area contributed by atoms with Gasteiger partial charge in [0.15, 0.2) is 0 Å². The van der Waals surface area contributed by atoms with E-state index in [0.29, 0.717) is 26.1 Å². The highest BCUT2D eigenvalue weighted by Crippen LogP contribution is 2.10. The molecule has 0 fully saturated rings. The van der Waals surface area contributed by atoms with Crippen LogP contribution >= 0.6 is 0 Å². The molecule has 0 radical (unpaired) electrons. The van der Waals surface area contributed by atoms with Gasteiger partial charge in [0.25, 0.3) is 0 Å². The quantitative estimate of drug-likeness (QED) is 0.196. The van der Waals surface area contributed by atoms with E-state index in [1.54, 1.807) is 0 Å². The van der Waals surface area contributed by atoms with Gasteiger partial charge in [0, 0.05) is 12.8 Å². The number of rotatable bonds is 19. The number of carbonyl (C=O) groups excluding carboxylic acids is 2. The van der Waals surface area contributed by atoms with Crippen LogP contribution in [0.4, 0.5) is 0 Å². The molecule has 154 valence electrons. The van der Waals surface area contributed by atoms with Crippen molar-refractivity contribution in [3.05, 3.63) is 0 Å². The molecule has 0 amide bonds. The van der Waals surface area contributed by atoms with E-state index in [1.165, 1.54) is 44.9 Å². The first-order valence-electron chi connectivity index (χ1n) is 11.0. The van der Waals surface area contributed by atoms with Gasteiger partial charge in [0.1, 0.15) is 0 Å². The minimum Gasteiger partial charge on any atom is -0.466 e. The monoisotopic (exact) mass is 370 g/mol. The van der Waals surface area contributed by atoms with E-state index in [-0.39, 0.29) is 11.9 Å². The average Bonchev–Trinajstić information content (AvgIpc) is 2.63. The van der Waals surface area contributed by atoms with Gasteiger partial charge in [-0.05, 0) is 25.7 Å². The molecular weight excluding hydrogens is 328 g/mol. The second-order valence-corrected chi connectivity index (χ2v) is 7.18. The van der Waals surface area contributed by atoms with Crippen LogP contribution in [0.1, 0.15) is 117 Å². The minimum absolute atomic E-state index is 0.102. The van der Waals surface area contributed by atoms with E-state index in [9.17, 15) is 9.59 Å². The molecule has 4 heteroatoms. The number of hydrogen-bond acceptors (Lipinski definition) is 4. The zero-order valence-electron chi connectivity index (χ0n) is 17.4. The Labute approximate surface area is 161 Å². The molecule has 0 saturated carbocycles. The summed E-state index contributed by atoms with van der Waals surface area (Å²) in [5.41, 5.74) is 0. The third-order valence-corrected chi connectivity index (χ3v) is 4.53. The fraction of sp³-hybridized carbons (Fsp3) is 0.909. The van der Waals surface area contributed by atoms with Crippen LogP contribution in [0.2, 0.25) is 0 Å². The Hall–Kier alpha value is -1.06. The van der Waals surface area contributed by atoms with Crippen molar-refractivity contribution in [1.82, 2.24) is 0 Å². The van der Waals surface area contributed by atoms with Crippen molar-refractivity contribution < 1.29 is 19.1 Å². The van der Waals surface area contributed by atoms with Crippen LogP contribution in [0.15, 0.2) is 0 Å². The van der Waals surface area contributed by atoms with E-state index in [0.717, 1.165) is 44.9 Å². The maximum atomic E-state index is 11.6. The number of esters is 2. The Morgan fingerprint density at radius 2 is 0.885 bits per heavy atom. The second-order valence-electron chi connectivity index (χ2n) is 7.18. The van der Waals surface area contributed by atoms with Crippen molar-refractivity contribution in [3.8, 4) is 0 Å². The molecule has 0 heterocycles. The van der Waals surface area contributed by atoms with E-state index < -0.39 is 0 Å². The maximum Gasteiger partial charge on any atom is 0.305 e. The molecule has 0 aromatic heterocycles. The molecule has 0 saturated heterocycles. The van der Waals surface area contributed by atoms with Gasteiger partial charge in [-0.1, -0.05) is 78.1 Å². The van der Waals surface area contributed by atoms with Crippen molar-refractivity contribution in [2.75, 3.05) is 13.2 Å². The van der Waals surface area contributed by atoms with E-state index >= 15 is 0 Å². The Balaban J connectivity index is 3.26. The topological polar surface area (TPSA) is 52.6 Å². The molecule has 0 unspecified atom stereocenters. The Morgan fingerprint density at radius 3 is 1.38 bits per heavy atom. The molecule has 0 atom stereocenters. The second kappa shape index (κ2) is 20.3. The van der Waals surface area contributed by atoms with Gasteiger partial charge in [-0.3, -0.25) is 9.59 Å². The number of hydrogen-bond donors (Lipinski definition) is 0. The lowest BCUT2D eigenvalue weighted by atomic mass is 10.1. The molecule has 0 aliphatic rings. The van der Waals surface area contributed by atoms with Crippen molar-refractivity contribution >= 4 is 11.9 Å². The van der Waals surface area contributed by atoms with Crippen LogP contribution < -0.4 is 0 Å². The zero-order chi connectivity index (χ0) is 19.3. The van der Waals surface area contributed by atoms with Crippen LogP contribution in [0.25, 0.3) is 0 Å². The molecule has 0 spiro atoms. The summed E-state index contributed by atoms with van der Waals surface area (Å²) in [5, 5.41) is 0. The molecule has 0 aromatic carbocycles. The summed E-state index contributed by atoms with van der Waals surface area (Å²) in [5.74, 6) is -0.221. The summed E-state index contributed by atoms with van der Waals surface area (Å²) in [4.78, 5) is 23.1. The molecule has 0 N–H and O–H groups in total. The molecule has 0 aliphatic carbocycles. The Bertz CT molecular complexity index is 328. The fourth-order valence-electron chi connectivity index (χ4n) is 2.79. The van der Waals surface area contributed by atoms with Crippen LogP contribution in [0.3, 0.4) is 0 Å². The van der Waals surface area contributed by atoms with Gasteiger partial charge in [0.2, 0.25) is 0 Å². The van der Waals surface area contributed by atoms with Crippen molar-refractivity contribution in [2.24, 2.45) is 0 Å². The van der Waals surface area contributed by atoms with Gasteiger partial charge in [-0.15, -0.1) is 0 Å². The van der Waals surface area contributed by atoms with Crippen LogP contribution in [0.5, 0.6) is 0 Å². The van der Waals surface area contributed by atoms with Crippen molar-refractivity contribution in [2.45, 2.75) is 117 Å². The first-order valence-corrected chi connectivity index (χ1v) is 11.0. The van der Waals surface area contributed by atoms with Gasteiger partial charge >= 0.3 is 11.9 Å². The molecule has 0 aromatic rings. The first-order chi connectivity index (χ1) is 12.7. The van der Waals surface area contributed by atoms with Gasteiger partial charge in [-0.25, -0.2) is 0 Å². The number of carbonyl (C=O) groups is 2. The van der Waals surface area contributed by atoms with E-state index in [4.69, 9.17) is 9.47 Å². The van der Waals surface area contributed by atoms with Gasteiger partial charge in [-0.2, -0.15) is 0 Å². The summed E-state index contributed by atoms with van der Waals surface area (Å²) in [6.45, 7) is 5.40. The van der Waals surface area contributed by atoms with Gasteiger partial charge < -0.3 is 9.47 Å². The molecule has 0 bridgehead atoms. The first kappa shape index (κ1) is 24.9. The predicted molar refractivity (Wildman–Crippen MR) is 107 cm³/mol. The van der Waals surface area contributed by atoms with Gasteiger partial charge in [0.05, 0.1) is 13.2 Å². The summed E-state index contributed by atoms with van der Waals surface area (Å²) in [6, 6.07) is 0. The van der Waals surface area contributed by atoms with Crippen LogP contribution in [0, 0.1) is 0 Å². The summed E-state index contributed by atoms with van der Waals surface area (Å²) in [6.07, 6.45) is 16.7.